The van der Waals surface area contributed by atoms with Crippen LogP contribution >= 0.6 is 23.4 Å². The number of aromatic nitrogens is 2. The largest absolute Gasteiger partial charge is 0.481 e. The van der Waals surface area contributed by atoms with Crippen molar-refractivity contribution in [3.63, 3.8) is 0 Å². The van der Waals surface area contributed by atoms with E-state index in [1.165, 1.54) is 0 Å². The molecule has 0 saturated heterocycles. The number of imidazole rings is 1. The van der Waals surface area contributed by atoms with Gasteiger partial charge in [-0.05, 0) is 36.8 Å². The number of benzene rings is 2. The zero-order valence-corrected chi connectivity index (χ0v) is 14.3. The number of rotatable bonds is 3. The van der Waals surface area contributed by atoms with Crippen LogP contribution in [0.5, 0.6) is 0 Å². The molecule has 0 amide bonds. The molecule has 0 aliphatic rings. The number of H-pyrrole nitrogens is 1. The van der Waals surface area contributed by atoms with E-state index in [1.54, 1.807) is 6.07 Å². The minimum absolute atomic E-state index is 0.0480. The Balaban J connectivity index is 1.92. The summed E-state index contributed by atoms with van der Waals surface area (Å²) in [5.74, 6) is 5.24. The van der Waals surface area contributed by atoms with E-state index in [4.69, 9.17) is 16.7 Å². The summed E-state index contributed by atoms with van der Waals surface area (Å²) in [6, 6.07) is 11.5. The molecule has 4 nitrogen and oxygen atoms in total. The predicted octanol–water partition coefficient (Wildman–Crippen LogP) is 4.10. The number of nitrogens with one attached hydrogen (secondary N) is 1. The smallest absolute Gasteiger partial charge is 0.313 e. The summed E-state index contributed by atoms with van der Waals surface area (Å²) in [4.78, 5) is 18.1. The number of fused-ring (bicyclic) bond motifs is 1. The fraction of sp³-hybridized carbons (Fsp3) is 0.111. The van der Waals surface area contributed by atoms with Crippen LogP contribution < -0.4 is 0 Å². The van der Waals surface area contributed by atoms with Crippen molar-refractivity contribution in [2.75, 3.05) is 5.75 Å². The fourth-order valence-corrected chi connectivity index (χ4v) is 2.98. The van der Waals surface area contributed by atoms with E-state index in [0.29, 0.717) is 21.3 Å². The SMILES string of the molecule is Cc1cccc(C#Cc2cc3nc(SCC(=O)O)[nH]c3cc2Cl)c1. The molecule has 3 rings (SSSR count). The molecule has 120 valence electrons. The standard InChI is InChI=1S/C18H13ClN2O2S/c1-11-3-2-4-12(7-11)5-6-13-8-15-16(9-14(13)19)21-18(20-15)24-10-17(22)23/h2-4,7-9H,10H2,1H3,(H,20,21)(H,22,23). The van der Waals surface area contributed by atoms with Crippen LogP contribution in [-0.4, -0.2) is 26.8 Å². The van der Waals surface area contributed by atoms with Gasteiger partial charge in [0.25, 0.3) is 0 Å². The number of nitrogens with zero attached hydrogens (tertiary/aromatic N) is 1. The highest BCUT2D eigenvalue weighted by molar-refractivity contribution is 7.99. The number of halogens is 1. The van der Waals surface area contributed by atoms with Gasteiger partial charge in [-0.1, -0.05) is 47.3 Å². The molecule has 2 N–H and O–H groups in total. The second-order valence-corrected chi connectivity index (χ2v) is 6.56. The fourth-order valence-electron chi connectivity index (χ4n) is 2.16. The summed E-state index contributed by atoms with van der Waals surface area (Å²) < 4.78 is 0. The zero-order chi connectivity index (χ0) is 17.1. The average molecular weight is 357 g/mol. The van der Waals surface area contributed by atoms with Gasteiger partial charge in [-0.15, -0.1) is 0 Å². The highest BCUT2D eigenvalue weighted by Gasteiger charge is 2.08. The summed E-state index contributed by atoms with van der Waals surface area (Å²) >= 11 is 7.42. The van der Waals surface area contributed by atoms with Crippen molar-refractivity contribution >= 4 is 40.4 Å². The maximum atomic E-state index is 10.6. The van der Waals surface area contributed by atoms with Crippen molar-refractivity contribution in [2.45, 2.75) is 12.1 Å². The van der Waals surface area contributed by atoms with Crippen LogP contribution in [0.2, 0.25) is 5.02 Å². The van der Waals surface area contributed by atoms with E-state index in [1.807, 2.05) is 37.3 Å². The van der Waals surface area contributed by atoms with Crippen LogP contribution in [0, 0.1) is 18.8 Å². The maximum Gasteiger partial charge on any atom is 0.313 e. The molecule has 2 aromatic carbocycles. The van der Waals surface area contributed by atoms with Gasteiger partial charge in [0.2, 0.25) is 0 Å². The Morgan fingerprint density at radius 3 is 2.92 bits per heavy atom. The van der Waals surface area contributed by atoms with Gasteiger partial charge in [0.1, 0.15) is 0 Å². The van der Waals surface area contributed by atoms with Crippen LogP contribution in [0.1, 0.15) is 16.7 Å². The minimum Gasteiger partial charge on any atom is -0.481 e. The predicted molar refractivity (Wildman–Crippen MR) is 96.6 cm³/mol. The summed E-state index contributed by atoms with van der Waals surface area (Å²) in [6.45, 7) is 2.02. The van der Waals surface area contributed by atoms with E-state index >= 15 is 0 Å². The molecule has 1 aromatic heterocycles. The first kappa shape index (κ1) is 16.4. The third-order valence-corrected chi connectivity index (χ3v) is 4.41. The molecule has 0 bridgehead atoms. The lowest BCUT2D eigenvalue weighted by Gasteiger charge is -1.96. The summed E-state index contributed by atoms with van der Waals surface area (Å²) in [5.41, 5.74) is 4.23. The van der Waals surface area contributed by atoms with Gasteiger partial charge < -0.3 is 10.1 Å². The van der Waals surface area contributed by atoms with Crippen molar-refractivity contribution < 1.29 is 9.90 Å². The Labute approximate surface area is 148 Å². The number of carboxylic acid groups (broad SMARTS) is 1. The van der Waals surface area contributed by atoms with Crippen LogP contribution in [0.25, 0.3) is 11.0 Å². The zero-order valence-electron chi connectivity index (χ0n) is 12.8. The highest BCUT2D eigenvalue weighted by atomic mass is 35.5. The Morgan fingerprint density at radius 1 is 1.33 bits per heavy atom. The number of carboxylic acids is 1. The topological polar surface area (TPSA) is 66.0 Å². The normalized spacial score (nSPS) is 10.4. The molecule has 0 aliphatic heterocycles. The lowest BCUT2D eigenvalue weighted by molar-refractivity contribution is -0.133. The summed E-state index contributed by atoms with van der Waals surface area (Å²) in [6.07, 6.45) is 0. The first-order chi connectivity index (χ1) is 11.5. The molecule has 0 saturated carbocycles. The molecule has 6 heteroatoms. The molecule has 0 radical (unpaired) electrons. The van der Waals surface area contributed by atoms with Crippen molar-refractivity contribution in [1.29, 1.82) is 0 Å². The van der Waals surface area contributed by atoms with Gasteiger partial charge in [-0.2, -0.15) is 0 Å². The van der Waals surface area contributed by atoms with Gasteiger partial charge in [-0.25, -0.2) is 4.98 Å². The van der Waals surface area contributed by atoms with Crippen molar-refractivity contribution in [3.8, 4) is 11.8 Å². The van der Waals surface area contributed by atoms with Crippen LogP contribution in [0.15, 0.2) is 41.6 Å². The third-order valence-electron chi connectivity index (χ3n) is 3.24. The van der Waals surface area contributed by atoms with E-state index < -0.39 is 5.97 Å². The second kappa shape index (κ2) is 7.00. The molecule has 24 heavy (non-hydrogen) atoms. The Kier molecular flexibility index (Phi) is 4.79. The van der Waals surface area contributed by atoms with Crippen molar-refractivity contribution in [1.82, 2.24) is 9.97 Å². The van der Waals surface area contributed by atoms with Crippen LogP contribution in [0.4, 0.5) is 0 Å². The first-order valence-corrected chi connectivity index (χ1v) is 8.50. The number of thioether (sulfide) groups is 1. The monoisotopic (exact) mass is 356 g/mol. The number of hydrogen-bond acceptors (Lipinski definition) is 3. The van der Waals surface area contributed by atoms with Crippen molar-refractivity contribution in [3.05, 3.63) is 58.1 Å². The van der Waals surface area contributed by atoms with Gasteiger partial charge in [0.05, 0.1) is 21.8 Å². The summed E-state index contributed by atoms with van der Waals surface area (Å²) in [7, 11) is 0. The lowest BCUT2D eigenvalue weighted by Crippen LogP contribution is -1.97. The second-order valence-electron chi connectivity index (χ2n) is 5.19. The van der Waals surface area contributed by atoms with Crippen molar-refractivity contribution in [2.24, 2.45) is 0 Å². The van der Waals surface area contributed by atoms with Gasteiger partial charge in [0.15, 0.2) is 5.16 Å². The quantitative estimate of drug-likeness (QED) is 0.547. The number of aryl methyl sites for hydroxylation is 1. The third kappa shape index (κ3) is 3.91. The van der Waals surface area contributed by atoms with Gasteiger partial charge in [0, 0.05) is 11.1 Å². The highest BCUT2D eigenvalue weighted by Crippen LogP contribution is 2.25. The number of aromatic amines is 1. The van der Waals surface area contributed by atoms with Gasteiger partial charge in [-0.3, -0.25) is 4.79 Å². The Bertz CT molecular complexity index is 986. The number of carbonyl (C=O) groups is 1. The van der Waals surface area contributed by atoms with E-state index in [9.17, 15) is 4.79 Å². The van der Waals surface area contributed by atoms with E-state index in [0.717, 1.165) is 28.4 Å². The molecule has 0 fully saturated rings. The maximum absolute atomic E-state index is 10.6. The van der Waals surface area contributed by atoms with E-state index in [2.05, 4.69) is 21.8 Å². The molecule has 3 aromatic rings. The van der Waals surface area contributed by atoms with Gasteiger partial charge >= 0.3 is 5.97 Å². The minimum atomic E-state index is -0.886. The van der Waals surface area contributed by atoms with E-state index in [-0.39, 0.29) is 5.75 Å². The molecule has 0 aliphatic carbocycles. The molecule has 0 spiro atoms. The number of hydrogen-bond donors (Lipinski definition) is 2. The molecule has 0 unspecified atom stereocenters. The average Bonchev–Trinajstić information content (AvgIpc) is 2.92. The Hall–Kier alpha value is -2.42. The molecular weight excluding hydrogens is 344 g/mol. The van der Waals surface area contributed by atoms with Crippen LogP contribution in [0.3, 0.4) is 0 Å². The lowest BCUT2D eigenvalue weighted by atomic mass is 10.1. The molecular formula is C18H13ClN2O2S. The Morgan fingerprint density at radius 2 is 2.17 bits per heavy atom. The summed E-state index contributed by atoms with van der Waals surface area (Å²) in [5, 5.41) is 9.81. The number of aliphatic carboxylic acids is 1. The van der Waals surface area contributed by atoms with Crippen LogP contribution in [-0.2, 0) is 4.79 Å². The molecule has 1 heterocycles. The first-order valence-electron chi connectivity index (χ1n) is 7.14. The molecule has 0 atom stereocenters.